The number of nitrogens with one attached hydrogen (secondary N) is 1. The van der Waals surface area contributed by atoms with E-state index < -0.39 is 26.4 Å². The van der Waals surface area contributed by atoms with Gasteiger partial charge < -0.3 is 9.47 Å². The van der Waals surface area contributed by atoms with Crippen molar-refractivity contribution in [3.05, 3.63) is 0 Å². The average Bonchev–Trinajstić information content (AvgIpc) is 3.23. The largest absolute Gasteiger partial charge is 0.375 e. The third kappa shape index (κ3) is 3.63. The first-order chi connectivity index (χ1) is 11.2. The maximum Gasteiger partial charge on any atom is 0.349 e. The average molecular weight is 381 g/mol. The summed E-state index contributed by atoms with van der Waals surface area (Å²) < 4.78 is 64.7. The summed E-state index contributed by atoms with van der Waals surface area (Å²) in [4.78, 5) is 0. The molecule has 7 unspecified atom stereocenters. The van der Waals surface area contributed by atoms with Gasteiger partial charge in [-0.3, -0.25) is 4.18 Å². The van der Waals surface area contributed by atoms with Gasteiger partial charge in [0.1, 0.15) is 6.10 Å². The van der Waals surface area contributed by atoms with Gasteiger partial charge in [-0.25, -0.2) is 8.42 Å². The van der Waals surface area contributed by atoms with Crippen LogP contribution >= 0.6 is 0 Å². The molecule has 5 fully saturated rings. The fourth-order valence-electron chi connectivity index (χ4n) is 4.95. The van der Waals surface area contributed by atoms with Crippen LogP contribution in [0.1, 0.15) is 25.7 Å². The molecule has 0 aromatic heterocycles. The maximum atomic E-state index is 12.0. The highest BCUT2D eigenvalue weighted by molar-refractivity contribution is 8.02. The van der Waals surface area contributed by atoms with E-state index in [9.17, 15) is 16.8 Å². The standard InChI is InChI=1S/C14H23NO7S2/c1-23(16,17)15-24(18,19)22-14-10-3-8-2-9(5-10)13(12(14)4-8)21-7-11-6-20-11/h8-15H,2-7H2,1H3. The van der Waals surface area contributed by atoms with Crippen LogP contribution in [-0.4, -0.2) is 54.6 Å². The normalized spacial score (nSPS) is 44.0. The molecule has 0 radical (unpaired) electrons. The number of hydrogen-bond acceptors (Lipinski definition) is 7. The van der Waals surface area contributed by atoms with Crippen molar-refractivity contribution in [3.8, 4) is 0 Å². The van der Waals surface area contributed by atoms with Gasteiger partial charge in [0.15, 0.2) is 0 Å². The molecule has 4 saturated carbocycles. The molecule has 4 bridgehead atoms. The van der Waals surface area contributed by atoms with Crippen LogP contribution in [0.3, 0.4) is 0 Å². The molecule has 1 saturated heterocycles. The molecule has 5 rings (SSSR count). The molecule has 24 heavy (non-hydrogen) atoms. The molecule has 0 amide bonds. The van der Waals surface area contributed by atoms with E-state index in [2.05, 4.69) is 0 Å². The monoisotopic (exact) mass is 381 g/mol. The molecule has 1 aliphatic heterocycles. The minimum absolute atomic E-state index is 0.00358. The number of ether oxygens (including phenoxy) is 2. The van der Waals surface area contributed by atoms with Gasteiger partial charge in [0, 0.05) is 5.92 Å². The van der Waals surface area contributed by atoms with Gasteiger partial charge in [-0.2, -0.15) is 8.42 Å². The van der Waals surface area contributed by atoms with Crippen molar-refractivity contribution < 1.29 is 30.5 Å². The predicted molar refractivity (Wildman–Crippen MR) is 83.7 cm³/mol. The zero-order valence-electron chi connectivity index (χ0n) is 13.5. The molecule has 0 aromatic carbocycles. The molecular weight excluding hydrogens is 358 g/mol. The van der Waals surface area contributed by atoms with Crippen molar-refractivity contribution in [1.29, 1.82) is 0 Å². The van der Waals surface area contributed by atoms with E-state index in [0.717, 1.165) is 38.5 Å². The Kier molecular flexibility index (Phi) is 4.21. The first kappa shape index (κ1) is 17.2. The van der Waals surface area contributed by atoms with Crippen LogP contribution in [0.25, 0.3) is 0 Å². The highest BCUT2D eigenvalue weighted by atomic mass is 32.3. The molecule has 7 atom stereocenters. The smallest absolute Gasteiger partial charge is 0.349 e. The van der Waals surface area contributed by atoms with Crippen LogP contribution in [0.4, 0.5) is 0 Å². The first-order valence-electron chi connectivity index (χ1n) is 8.35. The maximum absolute atomic E-state index is 12.0. The van der Waals surface area contributed by atoms with E-state index in [4.69, 9.17) is 13.7 Å². The van der Waals surface area contributed by atoms with Crippen molar-refractivity contribution in [2.75, 3.05) is 19.5 Å². The Bertz CT molecular complexity index is 703. The quantitative estimate of drug-likeness (QED) is 0.619. The summed E-state index contributed by atoms with van der Waals surface area (Å²) in [6.45, 7) is 1.26. The topological polar surface area (TPSA) is 111 Å². The lowest BCUT2D eigenvalue weighted by Gasteiger charge is -2.57. The van der Waals surface area contributed by atoms with E-state index in [-0.39, 0.29) is 24.0 Å². The van der Waals surface area contributed by atoms with Gasteiger partial charge in [0.25, 0.3) is 0 Å². The Labute approximate surface area is 142 Å². The molecule has 0 aromatic rings. The summed E-state index contributed by atoms with van der Waals surface area (Å²) in [5, 5.41) is 0. The van der Waals surface area contributed by atoms with Crippen molar-refractivity contribution in [3.63, 3.8) is 0 Å². The fraction of sp³-hybridized carbons (Fsp3) is 1.00. The van der Waals surface area contributed by atoms with Crippen LogP contribution in [0.15, 0.2) is 0 Å². The third-order valence-electron chi connectivity index (χ3n) is 5.62. The molecule has 10 heteroatoms. The van der Waals surface area contributed by atoms with Crippen molar-refractivity contribution in [2.45, 2.75) is 44.0 Å². The zero-order chi connectivity index (χ0) is 17.1. The lowest BCUT2D eigenvalue weighted by molar-refractivity contribution is -0.173. The Balaban J connectivity index is 1.49. The van der Waals surface area contributed by atoms with E-state index >= 15 is 0 Å². The lowest BCUT2D eigenvalue weighted by Crippen LogP contribution is -2.58. The number of rotatable bonds is 7. The minimum atomic E-state index is -4.34. The van der Waals surface area contributed by atoms with E-state index in [1.165, 1.54) is 0 Å². The second kappa shape index (κ2) is 5.88. The van der Waals surface area contributed by atoms with Gasteiger partial charge in [0.2, 0.25) is 10.0 Å². The van der Waals surface area contributed by atoms with Crippen LogP contribution in [0.5, 0.6) is 0 Å². The summed E-state index contributed by atoms with van der Waals surface area (Å²) in [7, 11) is -8.24. The number of epoxide rings is 1. The predicted octanol–water partition coefficient (Wildman–Crippen LogP) is 0.0156. The second-order valence-electron chi connectivity index (χ2n) is 7.62. The molecule has 8 nitrogen and oxygen atoms in total. The summed E-state index contributed by atoms with van der Waals surface area (Å²) >= 11 is 0. The van der Waals surface area contributed by atoms with Gasteiger partial charge in [0.05, 0.1) is 31.7 Å². The van der Waals surface area contributed by atoms with Crippen molar-refractivity contribution in [2.24, 2.45) is 23.7 Å². The molecule has 0 spiro atoms. The summed E-state index contributed by atoms with van der Waals surface area (Å²) in [5.41, 5.74) is 0. The highest BCUT2D eigenvalue weighted by Crippen LogP contribution is 2.56. The molecular formula is C14H23NO7S2. The molecule has 5 aliphatic rings. The summed E-state index contributed by atoms with van der Waals surface area (Å²) in [5.74, 6) is 1.19. The van der Waals surface area contributed by atoms with E-state index in [1.807, 2.05) is 0 Å². The molecule has 1 heterocycles. The van der Waals surface area contributed by atoms with Gasteiger partial charge in [-0.1, -0.05) is 4.13 Å². The first-order valence-corrected chi connectivity index (χ1v) is 11.6. The Morgan fingerprint density at radius 3 is 2.33 bits per heavy atom. The second-order valence-corrected chi connectivity index (χ2v) is 10.9. The Morgan fingerprint density at radius 1 is 1.04 bits per heavy atom. The zero-order valence-corrected chi connectivity index (χ0v) is 15.1. The lowest BCUT2D eigenvalue weighted by atomic mass is 9.53. The fourth-order valence-corrected chi connectivity index (χ4v) is 7.18. The molecule has 4 aliphatic carbocycles. The minimum Gasteiger partial charge on any atom is -0.375 e. The SMILES string of the molecule is CS(=O)(=O)NS(=O)(=O)OC1C2CC3CC(C2)C(OCC2CO2)C1C3. The van der Waals surface area contributed by atoms with Crippen LogP contribution in [0.2, 0.25) is 0 Å². The number of hydrogen-bond donors (Lipinski definition) is 1. The number of sulfonamides is 1. The van der Waals surface area contributed by atoms with Gasteiger partial charge in [-0.05, 0) is 43.4 Å². The van der Waals surface area contributed by atoms with Crippen molar-refractivity contribution >= 4 is 20.3 Å². The third-order valence-corrected chi connectivity index (χ3v) is 8.13. The molecule has 138 valence electrons. The molecule has 1 N–H and O–H groups in total. The van der Waals surface area contributed by atoms with Crippen LogP contribution in [0, 0.1) is 23.7 Å². The van der Waals surface area contributed by atoms with E-state index in [0.29, 0.717) is 18.4 Å². The van der Waals surface area contributed by atoms with Gasteiger partial charge >= 0.3 is 10.3 Å². The Morgan fingerprint density at radius 2 is 1.71 bits per heavy atom. The van der Waals surface area contributed by atoms with E-state index in [1.54, 1.807) is 4.13 Å². The summed E-state index contributed by atoms with van der Waals surface area (Å²) in [6, 6.07) is 0. The van der Waals surface area contributed by atoms with Crippen LogP contribution < -0.4 is 4.13 Å². The Hall–Kier alpha value is -0.260. The highest BCUT2D eigenvalue weighted by Gasteiger charge is 2.56. The van der Waals surface area contributed by atoms with Crippen LogP contribution in [-0.2, 0) is 34.0 Å². The summed E-state index contributed by atoms with van der Waals surface area (Å²) in [6.07, 6.45) is 4.26. The van der Waals surface area contributed by atoms with Crippen molar-refractivity contribution in [1.82, 2.24) is 4.13 Å². The van der Waals surface area contributed by atoms with Gasteiger partial charge in [-0.15, -0.1) is 0 Å².